The van der Waals surface area contributed by atoms with Crippen molar-refractivity contribution in [2.24, 2.45) is 11.8 Å². The predicted molar refractivity (Wildman–Crippen MR) is 102 cm³/mol. The molecule has 0 radical (unpaired) electrons. The van der Waals surface area contributed by atoms with Gasteiger partial charge in [0.2, 0.25) is 5.91 Å². The summed E-state index contributed by atoms with van der Waals surface area (Å²) in [5.41, 5.74) is 0.855. The van der Waals surface area contributed by atoms with Crippen LogP contribution in [0.25, 0.3) is 11.0 Å². The van der Waals surface area contributed by atoms with Gasteiger partial charge in [-0.1, -0.05) is 6.92 Å². The number of anilines is 1. The van der Waals surface area contributed by atoms with E-state index in [1.807, 2.05) is 12.3 Å². The monoisotopic (exact) mass is 356 g/mol. The Bertz CT molecular complexity index is 768. The Morgan fingerprint density at radius 2 is 2.08 bits per heavy atom. The van der Waals surface area contributed by atoms with Gasteiger partial charge >= 0.3 is 0 Å². The molecule has 2 saturated heterocycles. The third-order valence-corrected chi connectivity index (χ3v) is 6.08. The summed E-state index contributed by atoms with van der Waals surface area (Å²) in [5.74, 6) is 1.97. The van der Waals surface area contributed by atoms with Crippen molar-refractivity contribution < 1.29 is 4.79 Å². The number of aromatic nitrogens is 3. The van der Waals surface area contributed by atoms with Gasteiger partial charge in [0, 0.05) is 32.3 Å². The lowest BCUT2D eigenvalue weighted by atomic mass is 9.90. The van der Waals surface area contributed by atoms with Gasteiger partial charge in [0.25, 0.3) is 0 Å². The second-order valence-corrected chi connectivity index (χ2v) is 7.69. The Balaban J connectivity index is 1.53. The molecule has 2 aliphatic rings. The van der Waals surface area contributed by atoms with Crippen molar-refractivity contribution >= 4 is 22.8 Å². The maximum Gasteiger partial charge on any atom is 0.225 e. The molecule has 7 heteroatoms. The highest BCUT2D eigenvalue weighted by Crippen LogP contribution is 2.29. The standard InChI is InChI=1S/C19H28N6O/c1-13-6-10-25(19(26)14-3-7-20-8-4-14)11-16(13)24(2)18-15-5-9-21-17(15)22-12-23-18/h5,9,12-14,16,20H,3-4,6-8,10-11H2,1-2H3,(H,21,22,23). The fourth-order valence-electron chi connectivity index (χ4n) is 4.38. The van der Waals surface area contributed by atoms with Crippen LogP contribution in [0.15, 0.2) is 18.6 Å². The van der Waals surface area contributed by atoms with Gasteiger partial charge in [-0.2, -0.15) is 0 Å². The van der Waals surface area contributed by atoms with Crippen LogP contribution in [-0.4, -0.2) is 65.0 Å². The Hall–Kier alpha value is -2.15. The SMILES string of the molecule is CC1CCN(C(=O)C2CCNCC2)CC1N(C)c1ncnc2[nH]ccc12. The van der Waals surface area contributed by atoms with E-state index in [9.17, 15) is 4.79 Å². The third kappa shape index (κ3) is 3.16. The number of piperidine rings is 2. The number of nitrogens with one attached hydrogen (secondary N) is 2. The van der Waals surface area contributed by atoms with Crippen molar-refractivity contribution in [3.63, 3.8) is 0 Å². The normalized spacial score (nSPS) is 24.8. The van der Waals surface area contributed by atoms with E-state index in [0.29, 0.717) is 11.8 Å². The minimum Gasteiger partial charge on any atom is -0.354 e. The second-order valence-electron chi connectivity index (χ2n) is 7.69. The van der Waals surface area contributed by atoms with Crippen LogP contribution in [0.4, 0.5) is 5.82 Å². The molecule has 2 aromatic heterocycles. The first-order valence-electron chi connectivity index (χ1n) is 9.65. The summed E-state index contributed by atoms with van der Waals surface area (Å²) in [6.45, 7) is 5.84. The van der Waals surface area contributed by atoms with Crippen LogP contribution in [0.5, 0.6) is 0 Å². The molecule has 26 heavy (non-hydrogen) atoms. The largest absolute Gasteiger partial charge is 0.354 e. The maximum atomic E-state index is 13.0. The summed E-state index contributed by atoms with van der Waals surface area (Å²) < 4.78 is 0. The van der Waals surface area contributed by atoms with Crippen molar-refractivity contribution in [2.75, 3.05) is 38.1 Å². The van der Waals surface area contributed by atoms with Gasteiger partial charge in [-0.25, -0.2) is 9.97 Å². The van der Waals surface area contributed by atoms with E-state index in [-0.39, 0.29) is 12.0 Å². The van der Waals surface area contributed by atoms with Crippen molar-refractivity contribution in [1.82, 2.24) is 25.2 Å². The molecule has 2 unspecified atom stereocenters. The minimum absolute atomic E-state index is 0.186. The average molecular weight is 356 g/mol. The average Bonchev–Trinajstić information content (AvgIpc) is 3.17. The highest BCUT2D eigenvalue weighted by Gasteiger charge is 2.35. The smallest absolute Gasteiger partial charge is 0.225 e. The molecule has 7 nitrogen and oxygen atoms in total. The zero-order valence-electron chi connectivity index (χ0n) is 15.6. The summed E-state index contributed by atoms with van der Waals surface area (Å²) in [4.78, 5) is 29.3. The lowest BCUT2D eigenvalue weighted by Crippen LogP contribution is -2.54. The Morgan fingerprint density at radius 1 is 1.27 bits per heavy atom. The van der Waals surface area contributed by atoms with Gasteiger partial charge < -0.3 is 20.1 Å². The summed E-state index contributed by atoms with van der Waals surface area (Å²) in [5, 5.41) is 4.38. The Morgan fingerprint density at radius 3 is 2.88 bits per heavy atom. The number of H-pyrrole nitrogens is 1. The van der Waals surface area contributed by atoms with Crippen molar-refractivity contribution in [3.05, 3.63) is 18.6 Å². The van der Waals surface area contributed by atoms with E-state index in [1.165, 1.54) is 0 Å². The molecule has 4 heterocycles. The molecular weight excluding hydrogens is 328 g/mol. The number of carbonyl (C=O) groups excluding carboxylic acids is 1. The van der Waals surface area contributed by atoms with Crippen LogP contribution in [0.3, 0.4) is 0 Å². The van der Waals surface area contributed by atoms with Gasteiger partial charge in [0.15, 0.2) is 0 Å². The number of rotatable bonds is 3. The highest BCUT2D eigenvalue weighted by molar-refractivity contribution is 5.87. The number of hydrogen-bond acceptors (Lipinski definition) is 5. The number of aromatic amines is 1. The van der Waals surface area contributed by atoms with Gasteiger partial charge in [-0.15, -0.1) is 0 Å². The van der Waals surface area contributed by atoms with Crippen molar-refractivity contribution in [3.8, 4) is 0 Å². The molecular formula is C19H28N6O. The molecule has 2 atom stereocenters. The zero-order chi connectivity index (χ0) is 18.1. The Kier molecular flexibility index (Phi) is 4.80. The van der Waals surface area contributed by atoms with Gasteiger partial charge in [-0.3, -0.25) is 4.79 Å². The lowest BCUT2D eigenvalue weighted by molar-refractivity contribution is -0.138. The first kappa shape index (κ1) is 17.3. The van der Waals surface area contributed by atoms with Crippen LogP contribution < -0.4 is 10.2 Å². The predicted octanol–water partition coefficient (Wildman–Crippen LogP) is 1.63. The molecule has 2 aromatic rings. The first-order chi connectivity index (χ1) is 12.6. The number of carbonyl (C=O) groups is 1. The third-order valence-electron chi connectivity index (χ3n) is 6.08. The summed E-state index contributed by atoms with van der Waals surface area (Å²) in [6, 6.07) is 2.29. The fourth-order valence-corrected chi connectivity index (χ4v) is 4.38. The van der Waals surface area contributed by atoms with Gasteiger partial charge in [0.1, 0.15) is 17.8 Å². The number of likely N-dealkylation sites (N-methyl/N-ethyl adjacent to an activating group) is 1. The number of amides is 1. The van der Waals surface area contributed by atoms with Gasteiger partial charge in [-0.05, 0) is 44.3 Å². The maximum absolute atomic E-state index is 13.0. The van der Waals surface area contributed by atoms with Gasteiger partial charge in [0.05, 0.1) is 11.4 Å². The van der Waals surface area contributed by atoms with Crippen molar-refractivity contribution in [1.29, 1.82) is 0 Å². The molecule has 0 aromatic carbocycles. The van der Waals surface area contributed by atoms with Crippen LogP contribution in [0.1, 0.15) is 26.2 Å². The number of likely N-dealkylation sites (tertiary alicyclic amines) is 1. The van der Waals surface area contributed by atoms with Crippen LogP contribution in [0.2, 0.25) is 0 Å². The summed E-state index contributed by atoms with van der Waals surface area (Å²) in [6.07, 6.45) is 6.46. The topological polar surface area (TPSA) is 77.2 Å². The van der Waals surface area contributed by atoms with Crippen molar-refractivity contribution in [2.45, 2.75) is 32.2 Å². The molecule has 1 amide bonds. The summed E-state index contributed by atoms with van der Waals surface area (Å²) >= 11 is 0. The molecule has 0 bridgehead atoms. The number of fused-ring (bicyclic) bond motifs is 1. The van der Waals surface area contributed by atoms with Crippen LogP contribution in [-0.2, 0) is 4.79 Å². The Labute approximate surface area is 154 Å². The molecule has 0 saturated carbocycles. The molecule has 0 spiro atoms. The van der Waals surface area contributed by atoms with E-state index in [0.717, 1.165) is 62.3 Å². The lowest BCUT2D eigenvalue weighted by Gasteiger charge is -2.43. The molecule has 2 aliphatic heterocycles. The van der Waals surface area contributed by atoms with Crippen LogP contribution in [0, 0.1) is 11.8 Å². The highest BCUT2D eigenvalue weighted by atomic mass is 16.2. The number of nitrogens with zero attached hydrogens (tertiary/aromatic N) is 4. The number of hydrogen-bond donors (Lipinski definition) is 2. The van der Waals surface area contributed by atoms with E-state index >= 15 is 0 Å². The molecule has 2 fully saturated rings. The zero-order valence-corrected chi connectivity index (χ0v) is 15.6. The van der Waals surface area contributed by atoms with E-state index < -0.39 is 0 Å². The minimum atomic E-state index is 0.186. The quantitative estimate of drug-likeness (QED) is 0.874. The first-order valence-corrected chi connectivity index (χ1v) is 9.65. The van der Waals surface area contributed by atoms with E-state index in [4.69, 9.17) is 0 Å². The second kappa shape index (κ2) is 7.23. The van der Waals surface area contributed by atoms with E-state index in [2.05, 4.69) is 44.0 Å². The molecule has 2 N–H and O–H groups in total. The summed E-state index contributed by atoms with van der Waals surface area (Å²) in [7, 11) is 2.09. The fraction of sp³-hybridized carbons (Fsp3) is 0.632. The molecule has 0 aliphatic carbocycles. The molecule has 4 rings (SSSR count). The molecule has 140 valence electrons. The van der Waals surface area contributed by atoms with E-state index in [1.54, 1.807) is 6.33 Å². The van der Waals surface area contributed by atoms with Crippen LogP contribution >= 0.6 is 0 Å².